The maximum Gasteiger partial charge on any atom is 0.336 e. The number of nitrogens with zero attached hydrogens (tertiary/aromatic N) is 2. The first-order valence-corrected chi connectivity index (χ1v) is 10.5. The standard InChI is InChI=1S/C23H20FN3O3S/c1-13-4-7-18(15(3)10-13)27-22(29)21-19(8-9-31-21)26(23(27)30)12-20(28)25-16-6-5-14(2)17(24)11-16/h4-11H,12H2,1-3H3,(H,25,28). The summed E-state index contributed by atoms with van der Waals surface area (Å²) in [6.07, 6.45) is 0. The lowest BCUT2D eigenvalue weighted by Gasteiger charge is -2.14. The molecule has 0 saturated carbocycles. The van der Waals surface area contributed by atoms with Gasteiger partial charge in [0.05, 0.1) is 11.2 Å². The summed E-state index contributed by atoms with van der Waals surface area (Å²) < 4.78 is 16.6. The minimum Gasteiger partial charge on any atom is -0.324 e. The topological polar surface area (TPSA) is 73.1 Å². The number of amides is 1. The molecule has 2 aromatic heterocycles. The van der Waals surface area contributed by atoms with Gasteiger partial charge in [-0.1, -0.05) is 23.8 Å². The number of rotatable bonds is 4. The summed E-state index contributed by atoms with van der Waals surface area (Å²) in [5.41, 5.74) is 2.40. The van der Waals surface area contributed by atoms with Gasteiger partial charge in [0, 0.05) is 5.69 Å². The number of thiophene rings is 1. The maximum absolute atomic E-state index is 13.8. The van der Waals surface area contributed by atoms with Gasteiger partial charge in [-0.3, -0.25) is 14.2 Å². The van der Waals surface area contributed by atoms with E-state index in [-0.39, 0.29) is 6.54 Å². The van der Waals surface area contributed by atoms with Crippen molar-refractivity contribution in [3.05, 3.63) is 91.2 Å². The van der Waals surface area contributed by atoms with E-state index >= 15 is 0 Å². The average molecular weight is 437 g/mol. The van der Waals surface area contributed by atoms with Crippen LogP contribution in [0.2, 0.25) is 0 Å². The Balaban J connectivity index is 1.80. The molecule has 0 fully saturated rings. The van der Waals surface area contributed by atoms with E-state index in [4.69, 9.17) is 0 Å². The van der Waals surface area contributed by atoms with E-state index in [1.807, 2.05) is 26.0 Å². The Hall–Kier alpha value is -3.52. The van der Waals surface area contributed by atoms with Crippen molar-refractivity contribution in [2.75, 3.05) is 5.32 Å². The molecule has 8 heteroatoms. The smallest absolute Gasteiger partial charge is 0.324 e. The molecule has 0 aliphatic rings. The fourth-order valence-electron chi connectivity index (χ4n) is 3.52. The van der Waals surface area contributed by atoms with Crippen molar-refractivity contribution in [2.45, 2.75) is 27.3 Å². The van der Waals surface area contributed by atoms with E-state index in [0.717, 1.165) is 15.7 Å². The largest absolute Gasteiger partial charge is 0.336 e. The summed E-state index contributed by atoms with van der Waals surface area (Å²) in [6, 6.07) is 11.5. The van der Waals surface area contributed by atoms with E-state index in [1.165, 1.54) is 22.0 Å². The molecule has 2 heterocycles. The fourth-order valence-corrected chi connectivity index (χ4v) is 4.35. The first kappa shape index (κ1) is 20.7. The van der Waals surface area contributed by atoms with E-state index in [0.29, 0.717) is 27.2 Å². The van der Waals surface area contributed by atoms with Gasteiger partial charge in [-0.25, -0.2) is 13.8 Å². The predicted molar refractivity (Wildman–Crippen MR) is 121 cm³/mol. The molecule has 31 heavy (non-hydrogen) atoms. The fraction of sp³-hybridized carbons (Fsp3) is 0.174. The Morgan fingerprint density at radius 2 is 1.81 bits per heavy atom. The number of halogens is 1. The lowest BCUT2D eigenvalue weighted by molar-refractivity contribution is -0.116. The molecule has 4 rings (SSSR count). The highest BCUT2D eigenvalue weighted by Crippen LogP contribution is 2.19. The van der Waals surface area contributed by atoms with Crippen molar-refractivity contribution in [1.82, 2.24) is 9.13 Å². The van der Waals surface area contributed by atoms with Gasteiger partial charge in [0.1, 0.15) is 17.1 Å². The summed E-state index contributed by atoms with van der Waals surface area (Å²) in [4.78, 5) is 39.0. The molecule has 0 bridgehead atoms. The quantitative estimate of drug-likeness (QED) is 0.526. The molecule has 4 aromatic rings. The maximum atomic E-state index is 13.8. The number of aromatic nitrogens is 2. The molecule has 0 radical (unpaired) electrons. The van der Waals surface area contributed by atoms with Crippen molar-refractivity contribution >= 4 is 33.1 Å². The number of nitrogens with one attached hydrogen (secondary N) is 1. The Labute approximate surface area is 181 Å². The van der Waals surface area contributed by atoms with E-state index in [1.54, 1.807) is 36.6 Å². The van der Waals surface area contributed by atoms with Crippen LogP contribution in [0.1, 0.15) is 16.7 Å². The zero-order valence-corrected chi connectivity index (χ0v) is 18.0. The molecular formula is C23H20FN3O3S. The van der Waals surface area contributed by atoms with Gasteiger partial charge in [0.15, 0.2) is 0 Å². The van der Waals surface area contributed by atoms with Crippen molar-refractivity contribution in [3.63, 3.8) is 0 Å². The summed E-state index contributed by atoms with van der Waals surface area (Å²) in [7, 11) is 0. The first-order valence-electron chi connectivity index (χ1n) is 9.63. The second kappa shape index (κ2) is 7.96. The molecule has 2 aromatic carbocycles. The van der Waals surface area contributed by atoms with Crippen LogP contribution in [0, 0.1) is 26.6 Å². The molecule has 6 nitrogen and oxygen atoms in total. The third kappa shape index (κ3) is 3.82. The van der Waals surface area contributed by atoms with Crippen LogP contribution in [0.3, 0.4) is 0 Å². The van der Waals surface area contributed by atoms with Crippen molar-refractivity contribution in [1.29, 1.82) is 0 Å². The molecule has 158 valence electrons. The Bertz CT molecular complexity index is 1450. The van der Waals surface area contributed by atoms with Crippen molar-refractivity contribution < 1.29 is 9.18 Å². The van der Waals surface area contributed by atoms with Crippen LogP contribution >= 0.6 is 11.3 Å². The van der Waals surface area contributed by atoms with E-state index in [9.17, 15) is 18.8 Å². The summed E-state index contributed by atoms with van der Waals surface area (Å²) in [5.74, 6) is -0.928. The van der Waals surface area contributed by atoms with Crippen LogP contribution in [-0.4, -0.2) is 15.0 Å². The van der Waals surface area contributed by atoms with Crippen LogP contribution in [0.15, 0.2) is 57.4 Å². The van der Waals surface area contributed by atoms with Gasteiger partial charge >= 0.3 is 5.69 Å². The van der Waals surface area contributed by atoms with Gasteiger partial charge in [-0.15, -0.1) is 11.3 Å². The molecule has 0 atom stereocenters. The second-order valence-corrected chi connectivity index (χ2v) is 8.36. The Morgan fingerprint density at radius 3 is 2.52 bits per heavy atom. The van der Waals surface area contributed by atoms with E-state index in [2.05, 4.69) is 5.32 Å². The SMILES string of the molecule is Cc1ccc(-n2c(=O)c3sccc3n(CC(=O)Nc3ccc(C)c(F)c3)c2=O)c(C)c1. The molecule has 0 saturated heterocycles. The number of carbonyl (C=O) groups excluding carboxylic acids is 1. The van der Waals surface area contributed by atoms with E-state index < -0.39 is 23.0 Å². The number of fused-ring (bicyclic) bond motifs is 1. The molecule has 0 unspecified atom stereocenters. The minimum absolute atomic E-state index is 0.297. The lowest BCUT2D eigenvalue weighted by Crippen LogP contribution is -2.40. The predicted octanol–water partition coefficient (Wildman–Crippen LogP) is 3.92. The molecule has 1 N–H and O–H groups in total. The summed E-state index contributed by atoms with van der Waals surface area (Å²) >= 11 is 1.21. The Morgan fingerprint density at radius 1 is 1.03 bits per heavy atom. The molecule has 0 aliphatic carbocycles. The van der Waals surface area contributed by atoms with Crippen molar-refractivity contribution in [2.24, 2.45) is 0 Å². The highest BCUT2D eigenvalue weighted by molar-refractivity contribution is 7.17. The third-order valence-corrected chi connectivity index (χ3v) is 6.00. The van der Waals surface area contributed by atoms with Gasteiger partial charge in [0.25, 0.3) is 5.56 Å². The van der Waals surface area contributed by atoms with Crippen molar-refractivity contribution in [3.8, 4) is 5.69 Å². The molecule has 0 spiro atoms. The highest BCUT2D eigenvalue weighted by Gasteiger charge is 2.18. The number of anilines is 1. The van der Waals surface area contributed by atoms with Gasteiger partial charge in [-0.05, 0) is 61.5 Å². The lowest BCUT2D eigenvalue weighted by atomic mass is 10.1. The normalized spacial score (nSPS) is 11.1. The summed E-state index contributed by atoms with van der Waals surface area (Å²) in [5, 5.41) is 4.32. The number of carbonyl (C=O) groups is 1. The number of hydrogen-bond acceptors (Lipinski definition) is 4. The zero-order valence-electron chi connectivity index (χ0n) is 17.2. The minimum atomic E-state index is -0.604. The van der Waals surface area contributed by atoms with Gasteiger partial charge in [0.2, 0.25) is 5.91 Å². The average Bonchev–Trinajstić information content (AvgIpc) is 3.20. The number of benzene rings is 2. The van der Waals surface area contributed by atoms with Gasteiger partial charge < -0.3 is 5.32 Å². The molecule has 0 aliphatic heterocycles. The number of aryl methyl sites for hydroxylation is 3. The molecular weight excluding hydrogens is 417 g/mol. The van der Waals surface area contributed by atoms with Crippen LogP contribution < -0.4 is 16.6 Å². The van der Waals surface area contributed by atoms with Crippen LogP contribution in [0.5, 0.6) is 0 Å². The van der Waals surface area contributed by atoms with Crippen LogP contribution in [0.4, 0.5) is 10.1 Å². The zero-order chi connectivity index (χ0) is 22.3. The molecule has 1 amide bonds. The first-order chi connectivity index (χ1) is 14.8. The van der Waals surface area contributed by atoms with Crippen LogP contribution in [-0.2, 0) is 11.3 Å². The monoisotopic (exact) mass is 437 g/mol. The van der Waals surface area contributed by atoms with Gasteiger partial charge in [-0.2, -0.15) is 0 Å². The third-order valence-electron chi connectivity index (χ3n) is 5.11. The summed E-state index contributed by atoms with van der Waals surface area (Å²) in [6.45, 7) is 5.07. The number of hydrogen-bond donors (Lipinski definition) is 1. The second-order valence-electron chi connectivity index (χ2n) is 7.45. The highest BCUT2D eigenvalue weighted by atomic mass is 32.1. The van der Waals surface area contributed by atoms with Crippen LogP contribution in [0.25, 0.3) is 15.9 Å². The Kier molecular flexibility index (Phi) is 5.32.